The molecule has 0 bridgehead atoms. The molecule has 1 heterocycles. The van der Waals surface area contributed by atoms with Crippen molar-refractivity contribution in [3.8, 4) is 11.9 Å². The Hall–Kier alpha value is -1.56. The molecular weight excluding hydrogens is 176 g/mol. The van der Waals surface area contributed by atoms with Crippen molar-refractivity contribution in [2.24, 2.45) is 0 Å². The molecule has 0 spiro atoms. The summed E-state index contributed by atoms with van der Waals surface area (Å²) in [5, 5.41) is 8.47. The van der Waals surface area contributed by atoms with Gasteiger partial charge in [-0.15, -0.1) is 0 Å². The van der Waals surface area contributed by atoms with E-state index in [0.29, 0.717) is 18.1 Å². The lowest BCUT2D eigenvalue weighted by atomic mass is 10.3. The molecule has 1 aromatic heterocycles. The second-order valence-electron chi connectivity index (χ2n) is 2.35. The van der Waals surface area contributed by atoms with Crippen LogP contribution in [0.15, 0.2) is 18.3 Å². The summed E-state index contributed by atoms with van der Waals surface area (Å²) in [7, 11) is 0. The van der Waals surface area contributed by atoms with Crippen molar-refractivity contribution in [1.82, 2.24) is 4.98 Å². The van der Waals surface area contributed by atoms with Gasteiger partial charge in [0.1, 0.15) is 6.07 Å². The van der Waals surface area contributed by atoms with Gasteiger partial charge in [0.25, 0.3) is 0 Å². The largest absolute Gasteiger partial charge is 0.478 e. The second kappa shape index (κ2) is 8.06. The lowest BCUT2D eigenvalue weighted by Gasteiger charge is -2.01. The first-order valence-electron chi connectivity index (χ1n) is 4.85. The average Bonchev–Trinajstić information content (AvgIpc) is 2.30. The van der Waals surface area contributed by atoms with E-state index in [1.54, 1.807) is 12.1 Å². The van der Waals surface area contributed by atoms with Crippen LogP contribution in [0.3, 0.4) is 0 Å². The molecule has 3 heteroatoms. The molecule has 0 amide bonds. The van der Waals surface area contributed by atoms with E-state index in [1.165, 1.54) is 6.20 Å². The number of nitrogens with zero attached hydrogens (tertiary/aromatic N) is 2. The van der Waals surface area contributed by atoms with Crippen LogP contribution in [0.4, 0.5) is 0 Å². The summed E-state index contributed by atoms with van der Waals surface area (Å²) >= 11 is 0. The third kappa shape index (κ3) is 4.46. The number of hydrogen-bond acceptors (Lipinski definition) is 3. The molecule has 0 aliphatic rings. The van der Waals surface area contributed by atoms with E-state index in [1.807, 2.05) is 26.8 Å². The summed E-state index contributed by atoms with van der Waals surface area (Å²) in [4.78, 5) is 3.94. The lowest BCUT2D eigenvalue weighted by molar-refractivity contribution is 0.305. The number of hydrogen-bond donors (Lipinski definition) is 0. The van der Waals surface area contributed by atoms with E-state index in [-0.39, 0.29) is 0 Å². The normalized spacial score (nSPS) is 8.14. The van der Waals surface area contributed by atoms with Gasteiger partial charge in [0.05, 0.1) is 12.2 Å². The second-order valence-corrected chi connectivity index (χ2v) is 2.35. The first-order chi connectivity index (χ1) is 6.86. The summed E-state index contributed by atoms with van der Waals surface area (Å²) < 4.78 is 5.23. The zero-order valence-electron chi connectivity index (χ0n) is 8.95. The van der Waals surface area contributed by atoms with Gasteiger partial charge in [-0.3, -0.25) is 0 Å². The fourth-order valence-corrected chi connectivity index (χ4v) is 0.738. The third-order valence-corrected chi connectivity index (χ3v) is 1.32. The zero-order valence-corrected chi connectivity index (χ0v) is 8.95. The molecule has 76 valence electrons. The quantitative estimate of drug-likeness (QED) is 0.739. The van der Waals surface area contributed by atoms with Crippen LogP contribution in [-0.2, 0) is 0 Å². The van der Waals surface area contributed by atoms with E-state index in [2.05, 4.69) is 4.98 Å². The van der Waals surface area contributed by atoms with Crippen molar-refractivity contribution in [3.63, 3.8) is 0 Å². The molecule has 0 fully saturated rings. The molecule has 0 radical (unpaired) electrons. The molecule has 0 saturated heterocycles. The van der Waals surface area contributed by atoms with Gasteiger partial charge in [-0.05, 0) is 12.5 Å². The van der Waals surface area contributed by atoms with E-state index < -0.39 is 0 Å². The van der Waals surface area contributed by atoms with Crippen molar-refractivity contribution < 1.29 is 4.74 Å². The van der Waals surface area contributed by atoms with Gasteiger partial charge < -0.3 is 4.74 Å². The van der Waals surface area contributed by atoms with Gasteiger partial charge in [0, 0.05) is 12.3 Å². The molecule has 0 aromatic carbocycles. The number of ether oxygens (including phenoxy) is 1. The van der Waals surface area contributed by atoms with Gasteiger partial charge in [-0.25, -0.2) is 4.98 Å². The van der Waals surface area contributed by atoms with Gasteiger partial charge in [-0.1, -0.05) is 20.8 Å². The fraction of sp³-hybridized carbons (Fsp3) is 0.455. The summed E-state index contributed by atoms with van der Waals surface area (Å²) in [6, 6.07) is 5.39. The highest BCUT2D eigenvalue weighted by atomic mass is 16.5. The number of aromatic nitrogens is 1. The van der Waals surface area contributed by atoms with Crippen LogP contribution in [0.1, 0.15) is 32.8 Å². The number of nitriles is 1. The van der Waals surface area contributed by atoms with E-state index >= 15 is 0 Å². The Bertz CT molecular complexity index is 274. The van der Waals surface area contributed by atoms with Crippen LogP contribution in [0.2, 0.25) is 0 Å². The summed E-state index contributed by atoms with van der Waals surface area (Å²) in [6.07, 6.45) is 2.46. The van der Waals surface area contributed by atoms with Crippen LogP contribution in [0, 0.1) is 11.3 Å². The minimum absolute atomic E-state index is 0.554. The predicted octanol–water partition coefficient (Wildman–Crippen LogP) is 2.77. The highest BCUT2D eigenvalue weighted by Crippen LogP contribution is 2.06. The van der Waals surface area contributed by atoms with Crippen molar-refractivity contribution in [1.29, 1.82) is 5.26 Å². The maximum atomic E-state index is 8.47. The Morgan fingerprint density at radius 1 is 1.43 bits per heavy atom. The van der Waals surface area contributed by atoms with Crippen molar-refractivity contribution in [2.75, 3.05) is 6.61 Å². The molecule has 0 atom stereocenters. The van der Waals surface area contributed by atoms with Crippen LogP contribution < -0.4 is 4.74 Å². The minimum atomic E-state index is 0.554. The van der Waals surface area contributed by atoms with Crippen LogP contribution in [-0.4, -0.2) is 11.6 Å². The van der Waals surface area contributed by atoms with Crippen LogP contribution in [0.25, 0.3) is 0 Å². The zero-order chi connectivity index (χ0) is 10.8. The van der Waals surface area contributed by atoms with E-state index in [4.69, 9.17) is 10.00 Å². The molecule has 0 unspecified atom stereocenters. The maximum absolute atomic E-state index is 8.47. The van der Waals surface area contributed by atoms with Crippen molar-refractivity contribution in [2.45, 2.75) is 27.2 Å². The summed E-state index contributed by atoms with van der Waals surface area (Å²) in [5.41, 5.74) is 0.554. The Morgan fingerprint density at radius 3 is 2.57 bits per heavy atom. The predicted molar refractivity (Wildman–Crippen MR) is 56.1 cm³/mol. The van der Waals surface area contributed by atoms with Gasteiger partial charge in [0.15, 0.2) is 0 Å². The Balaban J connectivity index is 0.000000791. The SMILES string of the molecule is CC.CCCOc1ccc(C#N)cn1. The summed E-state index contributed by atoms with van der Waals surface area (Å²) in [5.74, 6) is 0.579. The fourth-order valence-electron chi connectivity index (χ4n) is 0.738. The molecule has 1 rings (SSSR count). The smallest absolute Gasteiger partial charge is 0.213 e. The minimum Gasteiger partial charge on any atom is -0.478 e. The highest BCUT2D eigenvalue weighted by Gasteiger charge is 1.93. The van der Waals surface area contributed by atoms with Crippen LogP contribution in [0.5, 0.6) is 5.88 Å². The molecule has 3 nitrogen and oxygen atoms in total. The van der Waals surface area contributed by atoms with E-state index in [0.717, 1.165) is 6.42 Å². The number of pyridine rings is 1. The van der Waals surface area contributed by atoms with Crippen LogP contribution >= 0.6 is 0 Å². The molecule has 0 aliphatic carbocycles. The maximum Gasteiger partial charge on any atom is 0.213 e. The average molecular weight is 192 g/mol. The first-order valence-corrected chi connectivity index (χ1v) is 4.85. The summed E-state index contributed by atoms with van der Waals surface area (Å²) in [6.45, 7) is 6.70. The molecular formula is C11H16N2O. The molecule has 1 aromatic rings. The molecule has 0 N–H and O–H groups in total. The standard InChI is InChI=1S/C9H10N2O.C2H6/c1-2-5-12-9-4-3-8(6-10)7-11-9;1-2/h3-4,7H,2,5H2,1H3;1-2H3. The number of rotatable bonds is 3. The monoisotopic (exact) mass is 192 g/mol. The molecule has 0 saturated carbocycles. The lowest BCUT2D eigenvalue weighted by Crippen LogP contribution is -1.96. The third-order valence-electron chi connectivity index (χ3n) is 1.32. The van der Waals surface area contributed by atoms with Crippen molar-refractivity contribution in [3.05, 3.63) is 23.9 Å². The topological polar surface area (TPSA) is 45.9 Å². The molecule has 0 aliphatic heterocycles. The van der Waals surface area contributed by atoms with Gasteiger partial charge in [0.2, 0.25) is 5.88 Å². The molecule has 14 heavy (non-hydrogen) atoms. The van der Waals surface area contributed by atoms with Gasteiger partial charge >= 0.3 is 0 Å². The Kier molecular flexibility index (Phi) is 7.16. The first kappa shape index (κ1) is 12.4. The highest BCUT2D eigenvalue weighted by molar-refractivity contribution is 5.28. The van der Waals surface area contributed by atoms with E-state index in [9.17, 15) is 0 Å². The Labute approximate surface area is 85.4 Å². The Morgan fingerprint density at radius 2 is 2.14 bits per heavy atom. The van der Waals surface area contributed by atoms with Gasteiger partial charge in [-0.2, -0.15) is 5.26 Å². The van der Waals surface area contributed by atoms with Crippen molar-refractivity contribution >= 4 is 0 Å².